The Hall–Kier alpha value is -1.19. The Morgan fingerprint density at radius 3 is 2.65 bits per heavy atom. The van der Waals surface area contributed by atoms with Gasteiger partial charge in [0.15, 0.2) is 5.78 Å². The molecular weight excluding hydrogens is 254 g/mol. The molecule has 88 valence electrons. The van der Waals surface area contributed by atoms with E-state index >= 15 is 0 Å². The zero-order valence-electron chi connectivity index (χ0n) is 9.15. The zero-order valence-corrected chi connectivity index (χ0v) is 10.7. The number of halogens is 1. The highest BCUT2D eigenvalue weighted by atomic mass is 35.5. The summed E-state index contributed by atoms with van der Waals surface area (Å²) in [5.74, 6) is 1.45. The molecule has 1 N–H and O–H groups in total. The number of carbonyl (C=O) groups is 1. The van der Waals surface area contributed by atoms with Gasteiger partial charge in [-0.3, -0.25) is 4.79 Å². The topological polar surface area (TPSA) is 32.9 Å². The van der Waals surface area contributed by atoms with E-state index in [1.54, 1.807) is 24.0 Å². The van der Waals surface area contributed by atoms with Crippen LogP contribution in [0.25, 0.3) is 0 Å². The third-order valence-electron chi connectivity index (χ3n) is 2.31. The second-order valence-electron chi connectivity index (χ2n) is 3.63. The van der Waals surface area contributed by atoms with Crippen molar-refractivity contribution in [2.75, 3.05) is 5.75 Å². The molecule has 0 atom stereocenters. The molecule has 0 saturated heterocycles. The molecule has 1 aromatic heterocycles. The number of carbonyl (C=O) groups excluding carboxylic acids is 1. The third-order valence-corrected chi connectivity index (χ3v) is 3.57. The maximum Gasteiger partial charge on any atom is 0.188 e. The number of nitrogens with one attached hydrogen (secondary N) is 1. The molecule has 1 heterocycles. The van der Waals surface area contributed by atoms with Crippen LogP contribution in [-0.2, 0) is 5.75 Å². The molecule has 4 heteroatoms. The van der Waals surface area contributed by atoms with Crippen LogP contribution in [0.3, 0.4) is 0 Å². The van der Waals surface area contributed by atoms with Crippen molar-refractivity contribution in [1.29, 1.82) is 0 Å². The minimum atomic E-state index is 0.133. The minimum absolute atomic E-state index is 0.133. The molecule has 0 spiro atoms. The van der Waals surface area contributed by atoms with Crippen molar-refractivity contribution in [3.63, 3.8) is 0 Å². The highest BCUT2D eigenvalue weighted by molar-refractivity contribution is 7.99. The normalized spacial score (nSPS) is 10.4. The molecule has 0 radical (unpaired) electrons. The maximum absolute atomic E-state index is 11.7. The zero-order chi connectivity index (χ0) is 12.1. The summed E-state index contributed by atoms with van der Waals surface area (Å²) in [6, 6.07) is 11.3. The highest BCUT2D eigenvalue weighted by Gasteiger charge is 2.05. The highest BCUT2D eigenvalue weighted by Crippen LogP contribution is 2.16. The van der Waals surface area contributed by atoms with Gasteiger partial charge >= 0.3 is 0 Å². The Kier molecular flexibility index (Phi) is 4.29. The van der Waals surface area contributed by atoms with Gasteiger partial charge in [-0.2, -0.15) is 0 Å². The average molecular weight is 266 g/mol. The van der Waals surface area contributed by atoms with Crippen LogP contribution in [0, 0.1) is 0 Å². The van der Waals surface area contributed by atoms with Gasteiger partial charge in [0.25, 0.3) is 0 Å². The van der Waals surface area contributed by atoms with Gasteiger partial charge < -0.3 is 4.98 Å². The van der Waals surface area contributed by atoms with Crippen molar-refractivity contribution in [2.45, 2.75) is 5.75 Å². The lowest BCUT2D eigenvalue weighted by Gasteiger charge is -2.01. The number of aromatic amines is 1. The molecule has 0 saturated carbocycles. The van der Waals surface area contributed by atoms with Crippen LogP contribution in [0.5, 0.6) is 0 Å². The molecule has 0 fully saturated rings. The van der Waals surface area contributed by atoms with Crippen molar-refractivity contribution in [3.05, 3.63) is 58.9 Å². The lowest BCUT2D eigenvalue weighted by Crippen LogP contribution is -2.02. The number of benzene rings is 1. The molecule has 1 aromatic carbocycles. The first-order valence-electron chi connectivity index (χ1n) is 5.24. The number of aromatic nitrogens is 1. The van der Waals surface area contributed by atoms with Gasteiger partial charge in [0.1, 0.15) is 0 Å². The number of H-pyrrole nitrogens is 1. The average Bonchev–Trinajstić information content (AvgIpc) is 2.85. The van der Waals surface area contributed by atoms with Crippen LogP contribution in [0.15, 0.2) is 42.6 Å². The molecule has 0 aliphatic heterocycles. The molecule has 2 nitrogen and oxygen atoms in total. The second-order valence-corrected chi connectivity index (χ2v) is 5.05. The lowest BCUT2D eigenvalue weighted by molar-refractivity contribution is 0.101. The summed E-state index contributed by atoms with van der Waals surface area (Å²) in [5.41, 5.74) is 1.85. The van der Waals surface area contributed by atoms with E-state index in [4.69, 9.17) is 11.6 Å². The fraction of sp³-hybridized carbons (Fsp3) is 0.154. The molecule has 2 rings (SSSR count). The Morgan fingerprint density at radius 2 is 2.00 bits per heavy atom. The Labute approximate surface area is 109 Å². The van der Waals surface area contributed by atoms with Gasteiger partial charge in [0, 0.05) is 17.0 Å². The molecular formula is C13H12ClNOS. The predicted octanol–water partition coefficient (Wildman–Crippen LogP) is 3.78. The van der Waals surface area contributed by atoms with Crippen molar-refractivity contribution in [3.8, 4) is 0 Å². The van der Waals surface area contributed by atoms with Crippen LogP contribution in [-0.4, -0.2) is 16.5 Å². The summed E-state index contributed by atoms with van der Waals surface area (Å²) < 4.78 is 0. The SMILES string of the molecule is O=C(CSCc1ccc(Cl)cc1)c1ccc[nH]1. The van der Waals surface area contributed by atoms with E-state index in [1.165, 1.54) is 5.56 Å². The lowest BCUT2D eigenvalue weighted by atomic mass is 10.2. The van der Waals surface area contributed by atoms with Crippen molar-refractivity contribution >= 4 is 29.1 Å². The largest absolute Gasteiger partial charge is 0.359 e. The van der Waals surface area contributed by atoms with E-state index in [1.807, 2.05) is 30.3 Å². The molecule has 0 amide bonds. The fourth-order valence-electron chi connectivity index (χ4n) is 1.42. The number of thioether (sulfide) groups is 1. The van der Waals surface area contributed by atoms with Crippen LogP contribution in [0.1, 0.15) is 16.1 Å². The van der Waals surface area contributed by atoms with E-state index in [0.717, 1.165) is 10.8 Å². The first-order valence-corrected chi connectivity index (χ1v) is 6.78. The van der Waals surface area contributed by atoms with Gasteiger partial charge in [-0.15, -0.1) is 11.8 Å². The molecule has 0 aliphatic rings. The Bertz CT molecular complexity index is 479. The number of hydrogen-bond acceptors (Lipinski definition) is 2. The molecule has 17 heavy (non-hydrogen) atoms. The quantitative estimate of drug-likeness (QED) is 0.835. The first-order chi connectivity index (χ1) is 8.25. The Morgan fingerprint density at radius 1 is 1.24 bits per heavy atom. The van der Waals surface area contributed by atoms with Crippen molar-refractivity contribution in [2.24, 2.45) is 0 Å². The summed E-state index contributed by atoms with van der Waals surface area (Å²) in [5, 5.41) is 0.737. The summed E-state index contributed by atoms with van der Waals surface area (Å²) >= 11 is 7.40. The third kappa shape index (κ3) is 3.65. The summed E-state index contributed by atoms with van der Waals surface area (Å²) in [6.07, 6.45) is 1.76. The van der Waals surface area contributed by atoms with Crippen molar-refractivity contribution in [1.82, 2.24) is 4.98 Å². The Balaban J connectivity index is 1.80. The number of hydrogen-bond donors (Lipinski definition) is 1. The molecule has 0 unspecified atom stereocenters. The monoisotopic (exact) mass is 265 g/mol. The maximum atomic E-state index is 11.7. The van der Waals surface area contributed by atoms with Gasteiger partial charge in [0.2, 0.25) is 0 Å². The standard InChI is InChI=1S/C13H12ClNOS/c14-11-5-3-10(4-6-11)8-17-9-13(16)12-2-1-7-15-12/h1-7,15H,8-9H2. The summed E-state index contributed by atoms with van der Waals surface area (Å²) in [4.78, 5) is 14.6. The fourth-order valence-corrected chi connectivity index (χ4v) is 2.42. The summed E-state index contributed by atoms with van der Waals surface area (Å²) in [7, 11) is 0. The first kappa shape index (κ1) is 12.3. The number of ketones is 1. The van der Waals surface area contributed by atoms with Crippen LogP contribution in [0.4, 0.5) is 0 Å². The minimum Gasteiger partial charge on any atom is -0.359 e. The van der Waals surface area contributed by atoms with Gasteiger partial charge in [-0.25, -0.2) is 0 Å². The van der Waals surface area contributed by atoms with E-state index < -0.39 is 0 Å². The molecule has 0 bridgehead atoms. The van der Waals surface area contributed by atoms with Gasteiger partial charge in [-0.05, 0) is 29.8 Å². The smallest absolute Gasteiger partial charge is 0.188 e. The van der Waals surface area contributed by atoms with Crippen LogP contribution >= 0.6 is 23.4 Å². The van der Waals surface area contributed by atoms with Gasteiger partial charge in [0.05, 0.1) is 11.4 Å². The van der Waals surface area contributed by atoms with Crippen LogP contribution < -0.4 is 0 Å². The van der Waals surface area contributed by atoms with E-state index in [-0.39, 0.29) is 5.78 Å². The number of rotatable bonds is 5. The van der Waals surface area contributed by atoms with E-state index in [2.05, 4.69) is 4.98 Å². The van der Waals surface area contributed by atoms with Gasteiger partial charge in [-0.1, -0.05) is 23.7 Å². The molecule has 2 aromatic rings. The summed E-state index contributed by atoms with van der Waals surface area (Å²) in [6.45, 7) is 0. The number of Topliss-reactive ketones (excluding diaryl/α,β-unsaturated/α-hetero) is 1. The van der Waals surface area contributed by atoms with E-state index in [0.29, 0.717) is 11.4 Å². The van der Waals surface area contributed by atoms with E-state index in [9.17, 15) is 4.79 Å². The molecule has 0 aliphatic carbocycles. The van der Waals surface area contributed by atoms with Crippen molar-refractivity contribution < 1.29 is 4.79 Å². The van der Waals surface area contributed by atoms with Crippen LogP contribution in [0.2, 0.25) is 5.02 Å². The second kappa shape index (κ2) is 5.94. The predicted molar refractivity (Wildman–Crippen MR) is 72.7 cm³/mol.